The van der Waals surface area contributed by atoms with Crippen molar-refractivity contribution in [1.29, 1.82) is 0 Å². The molecule has 66 valence electrons. The lowest BCUT2D eigenvalue weighted by Crippen LogP contribution is -1.94. The van der Waals surface area contributed by atoms with Gasteiger partial charge in [-0.15, -0.1) is 0 Å². The molecule has 0 saturated heterocycles. The van der Waals surface area contributed by atoms with E-state index in [9.17, 15) is 4.21 Å². The predicted molar refractivity (Wildman–Crippen MR) is 55.9 cm³/mol. The molecule has 0 aromatic heterocycles. The van der Waals surface area contributed by atoms with Crippen LogP contribution in [0.3, 0.4) is 0 Å². The van der Waals surface area contributed by atoms with Crippen LogP contribution in [0.25, 0.3) is 0 Å². The highest BCUT2D eigenvalue weighted by Crippen LogP contribution is 2.22. The highest BCUT2D eigenvalue weighted by molar-refractivity contribution is 9.10. The summed E-state index contributed by atoms with van der Waals surface area (Å²) >= 11 is 3.38. The SMILES string of the molecule is Cc1cc(Br)cc(S(C)=O)c1C. The Bertz CT molecular complexity index is 334. The lowest BCUT2D eigenvalue weighted by atomic mass is 10.1. The van der Waals surface area contributed by atoms with Crippen LogP contribution >= 0.6 is 15.9 Å². The van der Waals surface area contributed by atoms with Crippen molar-refractivity contribution >= 4 is 26.7 Å². The lowest BCUT2D eigenvalue weighted by Gasteiger charge is -2.06. The van der Waals surface area contributed by atoms with Gasteiger partial charge in [-0.05, 0) is 37.1 Å². The minimum Gasteiger partial charge on any atom is -0.255 e. The molecular weight excluding hydrogens is 236 g/mol. The Kier molecular flexibility index (Phi) is 3.07. The molecule has 0 radical (unpaired) electrons. The Morgan fingerprint density at radius 3 is 2.42 bits per heavy atom. The van der Waals surface area contributed by atoms with Crippen molar-refractivity contribution in [2.45, 2.75) is 18.7 Å². The predicted octanol–water partition coefficient (Wildman–Crippen LogP) is 2.80. The maximum Gasteiger partial charge on any atom is 0.0501 e. The molecule has 0 heterocycles. The standard InChI is InChI=1S/C9H11BrOS/c1-6-4-8(10)5-9(7(6)2)12(3)11/h4-5H,1-3H3. The fourth-order valence-corrected chi connectivity index (χ4v) is 2.69. The van der Waals surface area contributed by atoms with Gasteiger partial charge in [0, 0.05) is 15.6 Å². The monoisotopic (exact) mass is 246 g/mol. The summed E-state index contributed by atoms with van der Waals surface area (Å²) in [4.78, 5) is 0.918. The fraction of sp³-hybridized carbons (Fsp3) is 0.333. The molecule has 3 heteroatoms. The van der Waals surface area contributed by atoms with Gasteiger partial charge in [0.1, 0.15) is 0 Å². The lowest BCUT2D eigenvalue weighted by molar-refractivity contribution is 0.686. The maximum atomic E-state index is 11.3. The van der Waals surface area contributed by atoms with E-state index in [0.717, 1.165) is 14.9 Å². The molecule has 1 atom stereocenters. The summed E-state index contributed by atoms with van der Waals surface area (Å²) < 4.78 is 12.3. The molecule has 0 N–H and O–H groups in total. The first-order chi connectivity index (χ1) is 5.52. The molecule has 1 nitrogen and oxygen atoms in total. The van der Waals surface area contributed by atoms with Crippen LogP contribution in [0.4, 0.5) is 0 Å². The topological polar surface area (TPSA) is 17.1 Å². The molecule has 1 aromatic rings. The number of aryl methyl sites for hydroxylation is 1. The van der Waals surface area contributed by atoms with Crippen molar-refractivity contribution < 1.29 is 4.21 Å². The molecule has 0 saturated carbocycles. The van der Waals surface area contributed by atoms with Gasteiger partial charge in [0.25, 0.3) is 0 Å². The van der Waals surface area contributed by atoms with E-state index in [1.54, 1.807) is 6.26 Å². The summed E-state index contributed by atoms with van der Waals surface area (Å²) in [7, 11) is -0.891. The molecular formula is C9H11BrOS. The van der Waals surface area contributed by atoms with Gasteiger partial charge in [-0.3, -0.25) is 4.21 Å². The van der Waals surface area contributed by atoms with Crippen molar-refractivity contribution in [3.05, 3.63) is 27.7 Å². The van der Waals surface area contributed by atoms with Crippen LogP contribution < -0.4 is 0 Å². The van der Waals surface area contributed by atoms with Crippen LogP contribution in [0.5, 0.6) is 0 Å². The van der Waals surface area contributed by atoms with Crippen LogP contribution in [0, 0.1) is 13.8 Å². The third kappa shape index (κ3) is 1.96. The van der Waals surface area contributed by atoms with Gasteiger partial charge in [0.15, 0.2) is 0 Å². The van der Waals surface area contributed by atoms with Crippen LogP contribution in [-0.4, -0.2) is 10.5 Å². The fourth-order valence-electron chi connectivity index (χ4n) is 1.08. The number of benzene rings is 1. The van der Waals surface area contributed by atoms with E-state index in [0.29, 0.717) is 0 Å². The van der Waals surface area contributed by atoms with E-state index >= 15 is 0 Å². The summed E-state index contributed by atoms with van der Waals surface area (Å²) in [5.41, 5.74) is 2.30. The zero-order valence-electron chi connectivity index (χ0n) is 7.35. The van der Waals surface area contributed by atoms with Gasteiger partial charge < -0.3 is 0 Å². The Hall–Kier alpha value is -0.150. The van der Waals surface area contributed by atoms with Crippen molar-refractivity contribution in [2.75, 3.05) is 6.26 Å². The first kappa shape index (κ1) is 9.93. The molecule has 0 aliphatic carbocycles. The average molecular weight is 247 g/mol. The molecule has 1 aromatic carbocycles. The zero-order valence-corrected chi connectivity index (χ0v) is 9.75. The first-order valence-corrected chi connectivity index (χ1v) is 5.97. The second-order valence-corrected chi connectivity index (χ2v) is 5.06. The van der Waals surface area contributed by atoms with Crippen LogP contribution in [0.2, 0.25) is 0 Å². The van der Waals surface area contributed by atoms with Gasteiger partial charge in [-0.25, -0.2) is 0 Å². The Balaban J connectivity index is 3.37. The summed E-state index contributed by atoms with van der Waals surface area (Å²) in [5, 5.41) is 0. The normalized spacial score (nSPS) is 13.0. The van der Waals surface area contributed by atoms with Crippen LogP contribution in [-0.2, 0) is 10.8 Å². The van der Waals surface area contributed by atoms with E-state index in [4.69, 9.17) is 0 Å². The second-order valence-electron chi connectivity index (χ2n) is 2.80. The van der Waals surface area contributed by atoms with E-state index in [1.165, 1.54) is 5.56 Å². The van der Waals surface area contributed by atoms with E-state index < -0.39 is 10.8 Å². The molecule has 0 amide bonds. The van der Waals surface area contributed by atoms with Gasteiger partial charge in [0.05, 0.1) is 10.8 Å². The second kappa shape index (κ2) is 3.71. The summed E-state index contributed by atoms with van der Waals surface area (Å²) in [6, 6.07) is 3.95. The van der Waals surface area contributed by atoms with Gasteiger partial charge in [0.2, 0.25) is 0 Å². The van der Waals surface area contributed by atoms with Crippen molar-refractivity contribution in [2.24, 2.45) is 0 Å². The molecule has 0 aliphatic heterocycles. The highest BCUT2D eigenvalue weighted by atomic mass is 79.9. The molecule has 0 spiro atoms. The molecule has 0 bridgehead atoms. The largest absolute Gasteiger partial charge is 0.255 e. The smallest absolute Gasteiger partial charge is 0.0501 e. The summed E-state index contributed by atoms with van der Waals surface area (Å²) in [6.07, 6.45) is 1.70. The minimum absolute atomic E-state index is 0.891. The van der Waals surface area contributed by atoms with Gasteiger partial charge in [-0.2, -0.15) is 0 Å². The summed E-state index contributed by atoms with van der Waals surface area (Å²) in [6.45, 7) is 4.02. The van der Waals surface area contributed by atoms with Crippen molar-refractivity contribution in [3.8, 4) is 0 Å². The average Bonchev–Trinajstić information content (AvgIpc) is 1.96. The van der Waals surface area contributed by atoms with Gasteiger partial charge >= 0.3 is 0 Å². The minimum atomic E-state index is -0.891. The number of hydrogen-bond acceptors (Lipinski definition) is 1. The quantitative estimate of drug-likeness (QED) is 0.745. The number of hydrogen-bond donors (Lipinski definition) is 0. The van der Waals surface area contributed by atoms with E-state index in [2.05, 4.69) is 15.9 Å². The van der Waals surface area contributed by atoms with Crippen LogP contribution in [0.15, 0.2) is 21.5 Å². The molecule has 1 rings (SSSR count). The first-order valence-electron chi connectivity index (χ1n) is 3.62. The number of rotatable bonds is 1. The van der Waals surface area contributed by atoms with Crippen LogP contribution in [0.1, 0.15) is 11.1 Å². The molecule has 1 unspecified atom stereocenters. The Morgan fingerprint density at radius 2 is 1.92 bits per heavy atom. The molecule has 12 heavy (non-hydrogen) atoms. The summed E-state index contributed by atoms with van der Waals surface area (Å²) in [5.74, 6) is 0. The zero-order chi connectivity index (χ0) is 9.30. The van der Waals surface area contributed by atoms with Gasteiger partial charge in [-0.1, -0.05) is 15.9 Å². The third-order valence-corrected chi connectivity index (χ3v) is 3.40. The van der Waals surface area contributed by atoms with E-state index in [1.807, 2.05) is 26.0 Å². The van der Waals surface area contributed by atoms with Crippen molar-refractivity contribution in [1.82, 2.24) is 0 Å². The Morgan fingerprint density at radius 1 is 1.33 bits per heavy atom. The molecule has 0 fully saturated rings. The Labute approximate surface area is 83.8 Å². The maximum absolute atomic E-state index is 11.3. The third-order valence-electron chi connectivity index (χ3n) is 1.89. The number of halogens is 1. The highest BCUT2D eigenvalue weighted by Gasteiger charge is 2.05. The molecule has 0 aliphatic rings. The van der Waals surface area contributed by atoms with E-state index in [-0.39, 0.29) is 0 Å². The van der Waals surface area contributed by atoms with Crippen molar-refractivity contribution in [3.63, 3.8) is 0 Å².